The Morgan fingerprint density at radius 2 is 2.21 bits per heavy atom. The van der Waals surface area contributed by atoms with Gasteiger partial charge in [-0.15, -0.1) is 0 Å². The molecule has 1 aromatic carbocycles. The van der Waals surface area contributed by atoms with E-state index in [1.165, 1.54) is 0 Å². The number of nitrogens with zero attached hydrogens (tertiary/aromatic N) is 2. The topological polar surface area (TPSA) is 36.7 Å². The largest absolute Gasteiger partial charge is 0.255 e. The fourth-order valence-electron chi connectivity index (χ4n) is 1.27. The molecule has 0 N–H and O–H groups in total. The van der Waals surface area contributed by atoms with Crippen molar-refractivity contribution >= 4 is 38.4 Å². The molecule has 1 heterocycles. The highest BCUT2D eigenvalue weighted by Crippen LogP contribution is 2.27. The summed E-state index contributed by atoms with van der Waals surface area (Å²) < 4.78 is 0.830. The Labute approximate surface area is 94.3 Å². The molecule has 0 aliphatic carbocycles. The molecule has 0 amide bonds. The number of pyridine rings is 1. The van der Waals surface area contributed by atoms with E-state index in [-0.39, 0.29) is 0 Å². The highest BCUT2D eigenvalue weighted by molar-refractivity contribution is 9.10. The van der Waals surface area contributed by atoms with Crippen LogP contribution in [0.25, 0.3) is 10.9 Å². The summed E-state index contributed by atoms with van der Waals surface area (Å²) in [6.07, 6.45) is 1.60. The van der Waals surface area contributed by atoms with Crippen LogP contribution < -0.4 is 0 Å². The molecule has 0 fully saturated rings. The first-order valence-electron chi connectivity index (χ1n) is 3.86. The van der Waals surface area contributed by atoms with Crippen LogP contribution in [0.3, 0.4) is 0 Å². The van der Waals surface area contributed by atoms with Gasteiger partial charge in [0.25, 0.3) is 0 Å². The quantitative estimate of drug-likeness (QED) is 0.732. The maximum Gasteiger partial charge on any atom is 0.101 e. The minimum Gasteiger partial charge on any atom is -0.255 e. The van der Waals surface area contributed by atoms with Gasteiger partial charge in [-0.3, -0.25) is 4.98 Å². The van der Waals surface area contributed by atoms with E-state index in [1.54, 1.807) is 18.3 Å². The third-order valence-electron chi connectivity index (χ3n) is 1.88. The SMILES string of the molecule is N#Cc1cc(Br)cc2c(Cl)ccnc12. The molecule has 4 heteroatoms. The Balaban J connectivity index is 2.96. The third kappa shape index (κ3) is 1.47. The Bertz CT molecular complexity index is 546. The maximum atomic E-state index is 8.90. The molecule has 0 aliphatic rings. The van der Waals surface area contributed by atoms with Crippen molar-refractivity contribution < 1.29 is 0 Å². The summed E-state index contributed by atoms with van der Waals surface area (Å²) in [4.78, 5) is 4.13. The molecule has 0 radical (unpaired) electrons. The predicted molar refractivity (Wildman–Crippen MR) is 59.2 cm³/mol. The number of halogens is 2. The fourth-order valence-corrected chi connectivity index (χ4v) is 1.93. The lowest BCUT2D eigenvalue weighted by Crippen LogP contribution is -1.85. The van der Waals surface area contributed by atoms with Crippen LogP contribution in [0.4, 0.5) is 0 Å². The monoisotopic (exact) mass is 266 g/mol. The summed E-state index contributed by atoms with van der Waals surface area (Å²) in [5.74, 6) is 0. The number of fused-ring (bicyclic) bond motifs is 1. The van der Waals surface area contributed by atoms with Crippen LogP contribution in [0.1, 0.15) is 5.56 Å². The van der Waals surface area contributed by atoms with Crippen LogP contribution in [-0.4, -0.2) is 4.98 Å². The summed E-state index contributed by atoms with van der Waals surface area (Å²) in [5.41, 5.74) is 1.17. The maximum absolute atomic E-state index is 8.90. The highest BCUT2D eigenvalue weighted by atomic mass is 79.9. The van der Waals surface area contributed by atoms with Gasteiger partial charge in [0, 0.05) is 16.1 Å². The van der Waals surface area contributed by atoms with Crippen molar-refractivity contribution in [2.75, 3.05) is 0 Å². The number of benzene rings is 1. The van der Waals surface area contributed by atoms with Gasteiger partial charge in [-0.2, -0.15) is 5.26 Å². The number of hydrogen-bond donors (Lipinski definition) is 0. The molecular weight excluding hydrogens is 263 g/mol. The summed E-state index contributed by atoms with van der Waals surface area (Å²) in [7, 11) is 0. The number of rotatable bonds is 0. The third-order valence-corrected chi connectivity index (χ3v) is 2.66. The minimum atomic E-state index is 0.525. The molecule has 0 spiro atoms. The molecule has 0 aliphatic heterocycles. The fraction of sp³-hybridized carbons (Fsp3) is 0. The van der Waals surface area contributed by atoms with Crippen molar-refractivity contribution in [2.45, 2.75) is 0 Å². The summed E-state index contributed by atoms with van der Waals surface area (Å²) in [6.45, 7) is 0. The van der Waals surface area contributed by atoms with Gasteiger partial charge in [0.1, 0.15) is 6.07 Å². The summed E-state index contributed by atoms with van der Waals surface area (Å²) >= 11 is 9.31. The molecule has 2 aromatic rings. The molecule has 0 atom stereocenters. The number of hydrogen-bond acceptors (Lipinski definition) is 2. The second kappa shape index (κ2) is 3.56. The molecule has 0 saturated heterocycles. The van der Waals surface area contributed by atoms with Crippen LogP contribution in [0.15, 0.2) is 28.9 Å². The first-order chi connectivity index (χ1) is 6.72. The normalized spacial score (nSPS) is 10.1. The minimum absolute atomic E-state index is 0.525. The Morgan fingerprint density at radius 3 is 2.93 bits per heavy atom. The summed E-state index contributed by atoms with van der Waals surface area (Å²) in [6, 6.07) is 7.37. The van der Waals surface area contributed by atoms with E-state index in [1.807, 2.05) is 6.07 Å². The Morgan fingerprint density at radius 1 is 1.43 bits per heavy atom. The van der Waals surface area contributed by atoms with Crippen molar-refractivity contribution in [3.05, 3.63) is 39.5 Å². The van der Waals surface area contributed by atoms with Gasteiger partial charge in [-0.1, -0.05) is 27.5 Å². The molecule has 0 saturated carbocycles. The lowest BCUT2D eigenvalue weighted by Gasteiger charge is -2.01. The van der Waals surface area contributed by atoms with E-state index >= 15 is 0 Å². The molecule has 68 valence electrons. The molecule has 0 bridgehead atoms. The zero-order valence-corrected chi connectivity index (χ0v) is 9.30. The van der Waals surface area contributed by atoms with E-state index in [0.29, 0.717) is 16.1 Å². The van der Waals surface area contributed by atoms with E-state index in [0.717, 1.165) is 9.86 Å². The van der Waals surface area contributed by atoms with Crippen molar-refractivity contribution in [3.8, 4) is 6.07 Å². The van der Waals surface area contributed by atoms with E-state index in [2.05, 4.69) is 27.0 Å². The van der Waals surface area contributed by atoms with Crippen molar-refractivity contribution in [1.29, 1.82) is 5.26 Å². The Kier molecular flexibility index (Phi) is 2.40. The lowest BCUT2D eigenvalue weighted by molar-refractivity contribution is 1.39. The van der Waals surface area contributed by atoms with Crippen LogP contribution in [0.5, 0.6) is 0 Å². The summed E-state index contributed by atoms with van der Waals surface area (Å²) in [5, 5.41) is 10.3. The zero-order valence-electron chi connectivity index (χ0n) is 6.96. The van der Waals surface area contributed by atoms with Crippen molar-refractivity contribution in [3.63, 3.8) is 0 Å². The molecule has 2 rings (SSSR count). The van der Waals surface area contributed by atoms with E-state index in [4.69, 9.17) is 16.9 Å². The molecule has 2 nitrogen and oxygen atoms in total. The predicted octanol–water partition coefficient (Wildman–Crippen LogP) is 3.52. The average Bonchev–Trinajstić information content (AvgIpc) is 2.18. The van der Waals surface area contributed by atoms with Gasteiger partial charge >= 0.3 is 0 Å². The van der Waals surface area contributed by atoms with Gasteiger partial charge in [0.05, 0.1) is 16.1 Å². The van der Waals surface area contributed by atoms with Crippen LogP contribution in [-0.2, 0) is 0 Å². The van der Waals surface area contributed by atoms with Crippen molar-refractivity contribution in [1.82, 2.24) is 4.98 Å². The van der Waals surface area contributed by atoms with Gasteiger partial charge in [-0.25, -0.2) is 0 Å². The second-order valence-corrected chi connectivity index (χ2v) is 4.08. The standard InChI is InChI=1S/C10H4BrClN2/c11-7-3-6(5-13)10-8(4-7)9(12)1-2-14-10/h1-4H. The highest BCUT2D eigenvalue weighted by Gasteiger charge is 2.06. The first kappa shape index (κ1) is 9.45. The van der Waals surface area contributed by atoms with Gasteiger partial charge in [-0.05, 0) is 18.2 Å². The zero-order chi connectivity index (χ0) is 10.1. The van der Waals surface area contributed by atoms with E-state index in [9.17, 15) is 0 Å². The van der Waals surface area contributed by atoms with Crippen molar-refractivity contribution in [2.24, 2.45) is 0 Å². The van der Waals surface area contributed by atoms with Crippen LogP contribution >= 0.6 is 27.5 Å². The van der Waals surface area contributed by atoms with E-state index < -0.39 is 0 Å². The molecule has 14 heavy (non-hydrogen) atoms. The van der Waals surface area contributed by atoms with Gasteiger partial charge in [0.2, 0.25) is 0 Å². The smallest absolute Gasteiger partial charge is 0.101 e. The number of aromatic nitrogens is 1. The average molecular weight is 268 g/mol. The van der Waals surface area contributed by atoms with Crippen LogP contribution in [0.2, 0.25) is 5.02 Å². The first-order valence-corrected chi connectivity index (χ1v) is 5.03. The second-order valence-electron chi connectivity index (χ2n) is 2.75. The molecule has 1 aromatic heterocycles. The number of nitriles is 1. The molecule has 0 unspecified atom stereocenters. The lowest BCUT2D eigenvalue weighted by atomic mass is 10.1. The molecular formula is C10H4BrClN2. The van der Waals surface area contributed by atoms with Gasteiger partial charge in [0.15, 0.2) is 0 Å². The van der Waals surface area contributed by atoms with Gasteiger partial charge < -0.3 is 0 Å². The van der Waals surface area contributed by atoms with Crippen LogP contribution in [0, 0.1) is 11.3 Å². The Hall–Kier alpha value is -1.11.